The molecule has 0 bridgehead atoms. The molecule has 0 amide bonds. The third-order valence-corrected chi connectivity index (χ3v) is 5.81. The molecule has 1 aliphatic carbocycles. The molecule has 1 saturated carbocycles. The number of aryl methyl sites for hydroxylation is 2. The molecule has 1 fully saturated rings. The Hall–Kier alpha value is -0.680. The Morgan fingerprint density at radius 1 is 1.38 bits per heavy atom. The second kappa shape index (κ2) is 6.21. The number of hydrogen-bond donors (Lipinski definition) is 0. The minimum atomic E-state index is 0.473. The molecular weight excluding hydrogens is 304 g/mol. The highest BCUT2D eigenvalue weighted by molar-refractivity contribution is 7.99. The van der Waals surface area contributed by atoms with Crippen molar-refractivity contribution in [2.75, 3.05) is 6.26 Å². The van der Waals surface area contributed by atoms with Gasteiger partial charge < -0.3 is 4.57 Å². The number of thioether (sulfide) groups is 1. The van der Waals surface area contributed by atoms with Crippen LogP contribution in [0.5, 0.6) is 0 Å². The molecule has 2 aromatic rings. The van der Waals surface area contributed by atoms with Gasteiger partial charge in [0.25, 0.3) is 0 Å². The minimum Gasteiger partial charge on any atom is -0.309 e. The molecule has 0 saturated heterocycles. The Bertz CT molecular complexity index is 633. The van der Waals surface area contributed by atoms with Crippen molar-refractivity contribution in [1.82, 2.24) is 19.3 Å². The zero-order valence-electron chi connectivity index (χ0n) is 13.0. The summed E-state index contributed by atoms with van der Waals surface area (Å²) in [6.07, 6.45) is 8.00. The fourth-order valence-corrected chi connectivity index (χ4v) is 4.47. The highest BCUT2D eigenvalue weighted by atomic mass is 35.5. The monoisotopic (exact) mass is 326 g/mol. The van der Waals surface area contributed by atoms with Crippen molar-refractivity contribution < 1.29 is 0 Å². The molecular formula is C15H23ClN4S. The van der Waals surface area contributed by atoms with Gasteiger partial charge in [-0.1, -0.05) is 13.3 Å². The van der Waals surface area contributed by atoms with Gasteiger partial charge >= 0.3 is 0 Å². The van der Waals surface area contributed by atoms with Gasteiger partial charge in [0.05, 0.1) is 11.6 Å². The van der Waals surface area contributed by atoms with Crippen molar-refractivity contribution >= 4 is 34.5 Å². The number of alkyl halides is 1. The van der Waals surface area contributed by atoms with Gasteiger partial charge in [-0.2, -0.15) is 16.9 Å². The summed E-state index contributed by atoms with van der Waals surface area (Å²) in [6, 6.07) is 0.520. The number of rotatable bonds is 5. The van der Waals surface area contributed by atoms with E-state index in [2.05, 4.69) is 22.8 Å². The molecule has 2 heterocycles. The molecule has 2 unspecified atom stereocenters. The van der Waals surface area contributed by atoms with Crippen LogP contribution in [-0.4, -0.2) is 30.8 Å². The second-order valence-corrected chi connectivity index (χ2v) is 7.25. The summed E-state index contributed by atoms with van der Waals surface area (Å²) in [4.78, 5) is 4.81. The maximum absolute atomic E-state index is 6.17. The first kappa shape index (κ1) is 15.2. The summed E-state index contributed by atoms with van der Waals surface area (Å²) in [7, 11) is 2.03. The van der Waals surface area contributed by atoms with Crippen molar-refractivity contribution in [3.05, 3.63) is 11.5 Å². The average Bonchev–Trinajstić information content (AvgIpc) is 3.15. The molecule has 116 valence electrons. The average molecular weight is 327 g/mol. The van der Waals surface area contributed by atoms with Crippen molar-refractivity contribution in [3.63, 3.8) is 0 Å². The number of fused-ring (bicyclic) bond motifs is 1. The van der Waals surface area contributed by atoms with E-state index in [1.165, 1.54) is 19.3 Å². The molecule has 1 aliphatic rings. The van der Waals surface area contributed by atoms with Gasteiger partial charge in [0, 0.05) is 18.3 Å². The van der Waals surface area contributed by atoms with Crippen LogP contribution < -0.4 is 0 Å². The lowest BCUT2D eigenvalue weighted by molar-refractivity contribution is 0.507. The van der Waals surface area contributed by atoms with Crippen LogP contribution in [0.3, 0.4) is 0 Å². The standard InChI is InChI=1S/C15H23ClN4S/c1-4-5-12-14-15(19(2)18-12)20(13(9-16)17-14)10-6-7-11(8-10)21-3/h10-11H,4-9H2,1-3H3. The first-order valence-corrected chi connectivity index (χ1v) is 9.53. The van der Waals surface area contributed by atoms with Gasteiger partial charge in [-0.15, -0.1) is 11.6 Å². The predicted molar refractivity (Wildman–Crippen MR) is 90.2 cm³/mol. The summed E-state index contributed by atoms with van der Waals surface area (Å²) in [5, 5.41) is 5.43. The van der Waals surface area contributed by atoms with Gasteiger partial charge in [-0.25, -0.2) is 4.98 Å². The Kier molecular flexibility index (Phi) is 4.50. The Balaban J connectivity index is 2.08. The molecule has 0 radical (unpaired) electrons. The van der Waals surface area contributed by atoms with Crippen LogP contribution in [0.15, 0.2) is 0 Å². The van der Waals surface area contributed by atoms with Crippen molar-refractivity contribution in [3.8, 4) is 0 Å². The molecule has 0 aliphatic heterocycles. The highest BCUT2D eigenvalue weighted by Crippen LogP contribution is 2.39. The number of imidazole rings is 1. The third-order valence-electron chi connectivity index (χ3n) is 4.47. The van der Waals surface area contributed by atoms with E-state index < -0.39 is 0 Å². The third kappa shape index (κ3) is 2.59. The van der Waals surface area contributed by atoms with Crippen molar-refractivity contribution in [2.24, 2.45) is 7.05 Å². The van der Waals surface area contributed by atoms with E-state index in [-0.39, 0.29) is 0 Å². The molecule has 3 rings (SSSR count). The van der Waals surface area contributed by atoms with E-state index in [9.17, 15) is 0 Å². The minimum absolute atomic E-state index is 0.473. The van der Waals surface area contributed by atoms with Crippen LogP contribution in [0.25, 0.3) is 11.2 Å². The topological polar surface area (TPSA) is 35.6 Å². The fourth-order valence-electron chi connectivity index (χ4n) is 3.50. The normalized spacial score (nSPS) is 22.5. The molecule has 0 aromatic carbocycles. The highest BCUT2D eigenvalue weighted by Gasteiger charge is 2.30. The van der Waals surface area contributed by atoms with Crippen LogP contribution in [-0.2, 0) is 19.3 Å². The lowest BCUT2D eigenvalue weighted by atomic mass is 10.2. The number of nitrogens with zero attached hydrogens (tertiary/aromatic N) is 4. The van der Waals surface area contributed by atoms with E-state index in [4.69, 9.17) is 16.6 Å². The second-order valence-electron chi connectivity index (χ2n) is 5.85. The van der Waals surface area contributed by atoms with Gasteiger partial charge in [-0.05, 0) is 31.9 Å². The van der Waals surface area contributed by atoms with Crippen LogP contribution >= 0.6 is 23.4 Å². The summed E-state index contributed by atoms with van der Waals surface area (Å²) in [5.74, 6) is 1.48. The maximum Gasteiger partial charge on any atom is 0.158 e. The number of halogens is 1. The lowest BCUT2D eigenvalue weighted by Crippen LogP contribution is -2.12. The number of aromatic nitrogens is 4. The predicted octanol–water partition coefficient (Wildman–Crippen LogP) is 3.92. The van der Waals surface area contributed by atoms with E-state index >= 15 is 0 Å². The summed E-state index contributed by atoms with van der Waals surface area (Å²) in [5.41, 5.74) is 3.32. The SMILES string of the molecule is CCCc1nn(C)c2c1nc(CCl)n2C1CCC(SC)C1. The molecule has 6 heteroatoms. The largest absolute Gasteiger partial charge is 0.309 e. The van der Waals surface area contributed by atoms with E-state index in [0.717, 1.165) is 40.8 Å². The summed E-state index contributed by atoms with van der Waals surface area (Å²) >= 11 is 8.15. The van der Waals surface area contributed by atoms with Gasteiger partial charge in [-0.3, -0.25) is 4.68 Å². The van der Waals surface area contributed by atoms with Crippen molar-refractivity contribution in [2.45, 2.75) is 56.2 Å². The maximum atomic E-state index is 6.17. The lowest BCUT2D eigenvalue weighted by Gasteiger charge is -2.16. The smallest absolute Gasteiger partial charge is 0.158 e. The van der Waals surface area contributed by atoms with Crippen LogP contribution in [0.1, 0.15) is 50.2 Å². The van der Waals surface area contributed by atoms with Gasteiger partial charge in [0.1, 0.15) is 11.3 Å². The first-order valence-electron chi connectivity index (χ1n) is 7.71. The first-order chi connectivity index (χ1) is 10.2. The number of hydrogen-bond acceptors (Lipinski definition) is 3. The van der Waals surface area contributed by atoms with Crippen LogP contribution in [0.2, 0.25) is 0 Å². The molecule has 4 nitrogen and oxygen atoms in total. The van der Waals surface area contributed by atoms with E-state index in [0.29, 0.717) is 11.9 Å². The zero-order chi connectivity index (χ0) is 15.0. The summed E-state index contributed by atoms with van der Waals surface area (Å²) < 4.78 is 4.36. The van der Waals surface area contributed by atoms with Gasteiger partial charge in [0.2, 0.25) is 0 Å². The molecule has 2 aromatic heterocycles. The van der Waals surface area contributed by atoms with Crippen LogP contribution in [0.4, 0.5) is 0 Å². The van der Waals surface area contributed by atoms with Crippen molar-refractivity contribution in [1.29, 1.82) is 0 Å². The van der Waals surface area contributed by atoms with E-state index in [1.54, 1.807) is 0 Å². The Morgan fingerprint density at radius 3 is 2.81 bits per heavy atom. The Morgan fingerprint density at radius 2 is 2.19 bits per heavy atom. The van der Waals surface area contributed by atoms with Crippen LogP contribution in [0, 0.1) is 0 Å². The quantitative estimate of drug-likeness (QED) is 0.781. The van der Waals surface area contributed by atoms with E-state index in [1.807, 2.05) is 23.5 Å². The van der Waals surface area contributed by atoms with Gasteiger partial charge in [0.15, 0.2) is 5.65 Å². The molecule has 21 heavy (non-hydrogen) atoms. The molecule has 0 N–H and O–H groups in total. The fraction of sp³-hybridized carbons (Fsp3) is 0.733. The molecule has 2 atom stereocenters. The summed E-state index contributed by atoms with van der Waals surface area (Å²) in [6.45, 7) is 2.18. The Labute approximate surface area is 135 Å². The zero-order valence-corrected chi connectivity index (χ0v) is 14.5. The molecule has 0 spiro atoms.